The Bertz CT molecular complexity index is 759. The van der Waals surface area contributed by atoms with Crippen LogP contribution in [-0.2, 0) is 20.1 Å². The summed E-state index contributed by atoms with van der Waals surface area (Å²) in [5.74, 6) is -1.55. The van der Waals surface area contributed by atoms with Crippen molar-refractivity contribution < 1.29 is 14.7 Å². The average molecular weight is 319 g/mol. The summed E-state index contributed by atoms with van der Waals surface area (Å²) in [6.07, 6.45) is 1.19. The number of carbonyl (C=O) groups is 2. The van der Waals surface area contributed by atoms with Crippen LogP contribution >= 0.6 is 0 Å². The van der Waals surface area contributed by atoms with E-state index in [4.69, 9.17) is 0 Å². The van der Waals surface area contributed by atoms with E-state index in [0.29, 0.717) is 6.54 Å². The second-order valence-electron chi connectivity index (χ2n) is 5.46. The summed E-state index contributed by atoms with van der Waals surface area (Å²) in [4.78, 5) is 25.3. The smallest absolute Gasteiger partial charge is 0.339 e. The Kier molecular flexibility index (Phi) is 4.53. The Morgan fingerprint density at radius 1 is 1.35 bits per heavy atom. The van der Waals surface area contributed by atoms with Crippen LogP contribution in [0.1, 0.15) is 44.7 Å². The van der Waals surface area contributed by atoms with Gasteiger partial charge in [0.1, 0.15) is 11.3 Å². The molecule has 2 aromatic heterocycles. The van der Waals surface area contributed by atoms with E-state index in [1.807, 2.05) is 25.5 Å². The van der Waals surface area contributed by atoms with Crippen LogP contribution < -0.4 is 0 Å². The molecule has 2 aromatic rings. The first-order valence-electron chi connectivity index (χ1n) is 7.31. The summed E-state index contributed by atoms with van der Waals surface area (Å²) in [5.41, 5.74) is 2.82. The third-order valence-electron chi connectivity index (χ3n) is 3.94. The first kappa shape index (κ1) is 16.7. The standard InChI is InChI=1S/C15H21N5O3/c1-6-20-10(3)12(9(2)17-20)8-18(4)14(21)13-11(15(22)23)7-16-19(13)5/h7H,6,8H2,1-5H3,(H,22,23). The summed E-state index contributed by atoms with van der Waals surface area (Å²) in [7, 11) is 3.20. The Morgan fingerprint density at radius 3 is 2.52 bits per heavy atom. The predicted molar refractivity (Wildman–Crippen MR) is 83.3 cm³/mol. The molecule has 0 saturated heterocycles. The number of amides is 1. The normalized spacial score (nSPS) is 10.8. The molecule has 124 valence electrons. The van der Waals surface area contributed by atoms with Gasteiger partial charge in [0, 0.05) is 38.4 Å². The van der Waals surface area contributed by atoms with Crippen molar-refractivity contribution in [3.63, 3.8) is 0 Å². The van der Waals surface area contributed by atoms with Gasteiger partial charge in [-0.3, -0.25) is 14.2 Å². The lowest BCUT2D eigenvalue weighted by Gasteiger charge is -2.18. The minimum Gasteiger partial charge on any atom is -0.478 e. The molecule has 0 aromatic carbocycles. The number of carboxylic acids is 1. The zero-order valence-corrected chi connectivity index (χ0v) is 14.0. The fourth-order valence-electron chi connectivity index (χ4n) is 2.61. The summed E-state index contributed by atoms with van der Waals surface area (Å²) in [6.45, 7) is 6.99. The maximum absolute atomic E-state index is 12.6. The van der Waals surface area contributed by atoms with E-state index in [1.165, 1.54) is 15.8 Å². The number of rotatable bonds is 5. The van der Waals surface area contributed by atoms with Gasteiger partial charge < -0.3 is 10.0 Å². The molecule has 23 heavy (non-hydrogen) atoms. The first-order chi connectivity index (χ1) is 10.8. The van der Waals surface area contributed by atoms with Gasteiger partial charge in [0.2, 0.25) is 0 Å². The lowest BCUT2D eigenvalue weighted by molar-refractivity contribution is 0.0678. The van der Waals surface area contributed by atoms with Crippen LogP contribution in [0, 0.1) is 13.8 Å². The second kappa shape index (κ2) is 6.23. The average Bonchev–Trinajstić information content (AvgIpc) is 3.01. The summed E-state index contributed by atoms with van der Waals surface area (Å²) < 4.78 is 3.17. The van der Waals surface area contributed by atoms with Crippen LogP contribution in [0.5, 0.6) is 0 Å². The third-order valence-corrected chi connectivity index (χ3v) is 3.94. The van der Waals surface area contributed by atoms with E-state index in [2.05, 4.69) is 10.2 Å². The molecule has 1 amide bonds. The van der Waals surface area contributed by atoms with Crippen molar-refractivity contribution in [3.05, 3.63) is 34.4 Å². The largest absolute Gasteiger partial charge is 0.478 e. The molecular formula is C15H21N5O3. The van der Waals surface area contributed by atoms with Gasteiger partial charge in [0.25, 0.3) is 5.91 Å². The Labute approximate surface area is 134 Å². The second-order valence-corrected chi connectivity index (χ2v) is 5.46. The van der Waals surface area contributed by atoms with Crippen LogP contribution in [-0.4, -0.2) is 48.5 Å². The maximum Gasteiger partial charge on any atom is 0.339 e. The van der Waals surface area contributed by atoms with E-state index in [-0.39, 0.29) is 17.2 Å². The number of hydrogen-bond donors (Lipinski definition) is 1. The van der Waals surface area contributed by atoms with Crippen molar-refractivity contribution >= 4 is 11.9 Å². The molecule has 2 heterocycles. The van der Waals surface area contributed by atoms with E-state index in [1.54, 1.807) is 14.1 Å². The van der Waals surface area contributed by atoms with E-state index in [9.17, 15) is 14.7 Å². The molecule has 8 heteroatoms. The van der Waals surface area contributed by atoms with Crippen molar-refractivity contribution in [2.24, 2.45) is 7.05 Å². The maximum atomic E-state index is 12.6. The molecule has 0 radical (unpaired) electrons. The fraction of sp³-hybridized carbons (Fsp3) is 0.467. The van der Waals surface area contributed by atoms with Crippen molar-refractivity contribution in [2.75, 3.05) is 7.05 Å². The number of nitrogens with zero attached hydrogens (tertiary/aromatic N) is 5. The number of carboxylic acid groups (broad SMARTS) is 1. The molecule has 0 unspecified atom stereocenters. The van der Waals surface area contributed by atoms with Crippen molar-refractivity contribution in [2.45, 2.75) is 33.9 Å². The van der Waals surface area contributed by atoms with Crippen LogP contribution in [0.25, 0.3) is 0 Å². The quantitative estimate of drug-likeness (QED) is 0.894. The highest BCUT2D eigenvalue weighted by atomic mass is 16.4. The topological polar surface area (TPSA) is 93.2 Å². The van der Waals surface area contributed by atoms with Crippen LogP contribution in [0.4, 0.5) is 0 Å². The van der Waals surface area contributed by atoms with E-state index < -0.39 is 5.97 Å². The van der Waals surface area contributed by atoms with Crippen LogP contribution in [0.2, 0.25) is 0 Å². The van der Waals surface area contributed by atoms with Gasteiger partial charge in [0.05, 0.1) is 11.9 Å². The van der Waals surface area contributed by atoms with Crippen molar-refractivity contribution in [1.82, 2.24) is 24.5 Å². The van der Waals surface area contributed by atoms with Gasteiger partial charge in [-0.2, -0.15) is 10.2 Å². The Hall–Kier alpha value is -2.64. The SMILES string of the molecule is CCn1nc(C)c(CN(C)C(=O)c2c(C(=O)O)cnn2C)c1C. The molecule has 0 spiro atoms. The zero-order valence-electron chi connectivity index (χ0n) is 14.0. The minimum atomic E-state index is -1.17. The highest BCUT2D eigenvalue weighted by Crippen LogP contribution is 2.17. The summed E-state index contributed by atoms with van der Waals surface area (Å²) >= 11 is 0. The number of aryl methyl sites for hydroxylation is 3. The molecule has 0 atom stereocenters. The van der Waals surface area contributed by atoms with Crippen molar-refractivity contribution in [3.8, 4) is 0 Å². The van der Waals surface area contributed by atoms with E-state index in [0.717, 1.165) is 23.5 Å². The first-order valence-corrected chi connectivity index (χ1v) is 7.31. The molecule has 0 saturated carbocycles. The van der Waals surface area contributed by atoms with Gasteiger partial charge >= 0.3 is 5.97 Å². The molecule has 0 aliphatic heterocycles. The van der Waals surface area contributed by atoms with E-state index >= 15 is 0 Å². The van der Waals surface area contributed by atoms with Crippen LogP contribution in [0.3, 0.4) is 0 Å². The number of hydrogen-bond acceptors (Lipinski definition) is 4. The molecule has 2 rings (SSSR count). The fourth-order valence-corrected chi connectivity index (χ4v) is 2.61. The third kappa shape index (κ3) is 2.96. The molecule has 0 aliphatic carbocycles. The molecule has 0 bridgehead atoms. The molecule has 8 nitrogen and oxygen atoms in total. The molecule has 0 aliphatic rings. The monoisotopic (exact) mass is 319 g/mol. The number of aromatic carboxylic acids is 1. The predicted octanol–water partition coefficient (Wildman–Crippen LogP) is 1.22. The van der Waals surface area contributed by atoms with Crippen molar-refractivity contribution in [1.29, 1.82) is 0 Å². The lowest BCUT2D eigenvalue weighted by Crippen LogP contribution is -2.30. The van der Waals surface area contributed by atoms with Gasteiger partial charge in [-0.05, 0) is 20.8 Å². The summed E-state index contributed by atoms with van der Waals surface area (Å²) in [6, 6.07) is 0. The van der Waals surface area contributed by atoms with Gasteiger partial charge in [-0.25, -0.2) is 4.79 Å². The molecular weight excluding hydrogens is 298 g/mol. The highest BCUT2D eigenvalue weighted by molar-refractivity contribution is 6.03. The Morgan fingerprint density at radius 2 is 2.00 bits per heavy atom. The van der Waals surface area contributed by atoms with Crippen LogP contribution in [0.15, 0.2) is 6.20 Å². The van der Waals surface area contributed by atoms with Gasteiger partial charge in [-0.15, -0.1) is 0 Å². The van der Waals surface area contributed by atoms with Gasteiger partial charge in [0.15, 0.2) is 0 Å². The lowest BCUT2D eigenvalue weighted by atomic mass is 10.1. The number of aromatic nitrogens is 4. The summed E-state index contributed by atoms with van der Waals surface area (Å²) in [5, 5.41) is 17.5. The zero-order chi connectivity index (χ0) is 17.3. The Balaban J connectivity index is 2.30. The number of carbonyl (C=O) groups excluding carboxylic acids is 1. The van der Waals surface area contributed by atoms with Gasteiger partial charge in [-0.1, -0.05) is 0 Å². The molecule has 1 N–H and O–H groups in total. The minimum absolute atomic E-state index is 0.0678. The highest BCUT2D eigenvalue weighted by Gasteiger charge is 2.25. The molecule has 0 fully saturated rings.